The van der Waals surface area contributed by atoms with Crippen molar-refractivity contribution < 1.29 is 32.2 Å². The molecule has 1 atom stereocenters. The monoisotopic (exact) mass is 289 g/mol. The number of ether oxygens (including phenoxy) is 3. The Morgan fingerprint density at radius 3 is 2.10 bits per heavy atom. The minimum atomic E-state index is -4.74. The van der Waals surface area contributed by atoms with Crippen LogP contribution in [0.1, 0.15) is 5.56 Å². The van der Waals surface area contributed by atoms with Crippen LogP contribution in [0.3, 0.4) is 0 Å². The zero-order valence-electron chi connectivity index (χ0n) is 10.5. The molecule has 0 fully saturated rings. The molecule has 1 unspecified atom stereocenters. The van der Waals surface area contributed by atoms with Crippen LogP contribution in [0.25, 0.3) is 0 Å². The van der Waals surface area contributed by atoms with Gasteiger partial charge in [0, 0.05) is 11.6 Å². The van der Waals surface area contributed by atoms with Gasteiger partial charge in [-0.1, -0.05) is 0 Å². The number of halogens is 3. The second kappa shape index (κ2) is 5.03. The number of benzene rings is 1. The summed E-state index contributed by atoms with van der Waals surface area (Å²) in [6.07, 6.45) is -7.21. The van der Waals surface area contributed by atoms with Gasteiger partial charge in [-0.05, 0) is 12.1 Å². The molecule has 1 aromatic carbocycles. The van der Waals surface area contributed by atoms with Crippen LogP contribution in [-0.2, 0) is 9.53 Å². The van der Waals surface area contributed by atoms with Gasteiger partial charge in [0.25, 0.3) is 6.23 Å². The van der Waals surface area contributed by atoms with Gasteiger partial charge in [0.1, 0.15) is 11.5 Å². The number of nitrogens with zero attached hydrogens (tertiary/aromatic N) is 1. The Kier molecular flexibility index (Phi) is 3.56. The molecule has 0 amide bonds. The van der Waals surface area contributed by atoms with Crippen molar-refractivity contribution in [2.45, 2.75) is 12.4 Å². The fourth-order valence-corrected chi connectivity index (χ4v) is 1.63. The van der Waals surface area contributed by atoms with Crippen LogP contribution in [0.2, 0.25) is 0 Å². The highest BCUT2D eigenvalue weighted by molar-refractivity contribution is 6.44. The molecule has 1 aliphatic heterocycles. The van der Waals surface area contributed by atoms with E-state index in [-0.39, 0.29) is 5.56 Å². The summed E-state index contributed by atoms with van der Waals surface area (Å²) in [5.74, 6) is -0.488. The van der Waals surface area contributed by atoms with Gasteiger partial charge >= 0.3 is 12.1 Å². The van der Waals surface area contributed by atoms with Gasteiger partial charge in [-0.3, -0.25) is 0 Å². The summed E-state index contributed by atoms with van der Waals surface area (Å²) in [6, 6.07) is 4.27. The van der Waals surface area contributed by atoms with E-state index in [2.05, 4.69) is 9.73 Å². The molecule has 0 spiro atoms. The highest BCUT2D eigenvalue weighted by Crippen LogP contribution is 2.30. The van der Waals surface area contributed by atoms with Gasteiger partial charge in [0.05, 0.1) is 14.2 Å². The molecular weight excluding hydrogens is 279 g/mol. The molecule has 0 saturated carbocycles. The van der Waals surface area contributed by atoms with Crippen molar-refractivity contribution >= 4 is 11.7 Å². The van der Waals surface area contributed by atoms with Crippen LogP contribution >= 0.6 is 0 Å². The Labute approximate surface area is 112 Å². The average Bonchev–Trinajstić information content (AvgIpc) is 2.80. The van der Waals surface area contributed by atoms with Crippen molar-refractivity contribution in [3.8, 4) is 11.5 Å². The zero-order chi connectivity index (χ0) is 14.9. The Balaban J connectivity index is 2.43. The van der Waals surface area contributed by atoms with E-state index < -0.39 is 24.1 Å². The number of methoxy groups -OCH3 is 2. The lowest BCUT2D eigenvalue weighted by Gasteiger charge is -2.09. The molecule has 0 aromatic heterocycles. The van der Waals surface area contributed by atoms with Crippen LogP contribution in [0.15, 0.2) is 23.2 Å². The van der Waals surface area contributed by atoms with Gasteiger partial charge in [0.2, 0.25) is 0 Å². The van der Waals surface area contributed by atoms with E-state index in [9.17, 15) is 18.0 Å². The fourth-order valence-electron chi connectivity index (χ4n) is 1.63. The number of hydrogen-bond donors (Lipinski definition) is 0. The minimum Gasteiger partial charge on any atom is -0.497 e. The lowest BCUT2D eigenvalue weighted by Crippen LogP contribution is -2.27. The van der Waals surface area contributed by atoms with E-state index in [0.717, 1.165) is 0 Å². The first kappa shape index (κ1) is 14.2. The molecular formula is C12H10F3NO4. The van der Waals surface area contributed by atoms with Gasteiger partial charge in [0.15, 0.2) is 5.71 Å². The summed E-state index contributed by atoms with van der Waals surface area (Å²) in [4.78, 5) is 14.8. The molecule has 8 heteroatoms. The summed E-state index contributed by atoms with van der Waals surface area (Å²) in [5.41, 5.74) is -0.275. The van der Waals surface area contributed by atoms with Crippen molar-refractivity contribution in [1.82, 2.24) is 0 Å². The van der Waals surface area contributed by atoms with Gasteiger partial charge in [-0.2, -0.15) is 13.2 Å². The van der Waals surface area contributed by atoms with Crippen molar-refractivity contribution in [2.24, 2.45) is 4.99 Å². The molecule has 0 bridgehead atoms. The number of carbonyl (C=O) groups excluding carboxylic acids is 1. The summed E-state index contributed by atoms with van der Waals surface area (Å²) in [6.45, 7) is 0. The Morgan fingerprint density at radius 2 is 1.70 bits per heavy atom. The predicted molar refractivity (Wildman–Crippen MR) is 62.0 cm³/mol. The highest BCUT2D eigenvalue weighted by Gasteiger charge is 2.47. The van der Waals surface area contributed by atoms with E-state index in [1.54, 1.807) is 0 Å². The molecule has 108 valence electrons. The Hall–Kier alpha value is -2.25. The third kappa shape index (κ3) is 2.68. The number of aliphatic imine (C=N–C) groups is 1. The van der Waals surface area contributed by atoms with E-state index in [4.69, 9.17) is 9.47 Å². The maximum atomic E-state index is 12.5. The molecule has 2 rings (SSSR count). The van der Waals surface area contributed by atoms with Crippen molar-refractivity contribution in [3.05, 3.63) is 23.8 Å². The van der Waals surface area contributed by atoms with Crippen LogP contribution in [0.4, 0.5) is 13.2 Å². The largest absolute Gasteiger partial charge is 0.497 e. The predicted octanol–water partition coefficient (Wildman–Crippen LogP) is 1.94. The third-order valence-corrected chi connectivity index (χ3v) is 2.56. The summed E-state index contributed by atoms with van der Waals surface area (Å²) in [7, 11) is 2.76. The number of esters is 1. The quantitative estimate of drug-likeness (QED) is 0.798. The SMILES string of the molecule is COc1cc(OC)cc(C2=NC(C(F)(F)F)OC2=O)c1. The van der Waals surface area contributed by atoms with Gasteiger partial charge in [-0.15, -0.1) is 0 Å². The lowest BCUT2D eigenvalue weighted by molar-refractivity contribution is -0.210. The van der Waals surface area contributed by atoms with E-state index in [0.29, 0.717) is 11.5 Å². The molecule has 5 nitrogen and oxygen atoms in total. The second-order valence-electron chi connectivity index (χ2n) is 3.88. The van der Waals surface area contributed by atoms with E-state index >= 15 is 0 Å². The third-order valence-electron chi connectivity index (χ3n) is 2.56. The van der Waals surface area contributed by atoms with E-state index in [1.807, 2.05) is 0 Å². The Morgan fingerprint density at radius 1 is 1.15 bits per heavy atom. The topological polar surface area (TPSA) is 57.1 Å². The van der Waals surface area contributed by atoms with Crippen molar-refractivity contribution in [3.63, 3.8) is 0 Å². The normalized spacial score (nSPS) is 18.6. The molecule has 1 aliphatic rings. The standard InChI is InChI=1S/C12H10F3NO4/c1-18-7-3-6(4-8(5-7)19-2)9-10(17)20-11(16-9)12(13,14)15/h3-5,11H,1-2H3. The van der Waals surface area contributed by atoms with Crippen LogP contribution < -0.4 is 9.47 Å². The first-order chi connectivity index (χ1) is 9.35. The molecule has 1 heterocycles. The summed E-state index contributed by atoms with van der Waals surface area (Å²) >= 11 is 0. The van der Waals surface area contributed by atoms with Gasteiger partial charge < -0.3 is 14.2 Å². The lowest BCUT2D eigenvalue weighted by atomic mass is 10.1. The van der Waals surface area contributed by atoms with Gasteiger partial charge in [-0.25, -0.2) is 9.79 Å². The fraction of sp³-hybridized carbons (Fsp3) is 0.333. The molecule has 20 heavy (non-hydrogen) atoms. The summed E-state index contributed by atoms with van der Waals surface area (Å²) in [5, 5.41) is 0. The maximum Gasteiger partial charge on any atom is 0.447 e. The first-order valence-corrected chi connectivity index (χ1v) is 5.44. The minimum absolute atomic E-state index is 0.137. The molecule has 0 saturated heterocycles. The number of cyclic esters (lactones) is 1. The number of carbonyl (C=O) groups is 1. The van der Waals surface area contributed by atoms with E-state index in [1.165, 1.54) is 32.4 Å². The smallest absolute Gasteiger partial charge is 0.447 e. The highest BCUT2D eigenvalue weighted by atomic mass is 19.4. The summed E-state index contributed by atoms with van der Waals surface area (Å²) < 4.78 is 51.6. The van der Waals surface area contributed by atoms with Crippen LogP contribution in [0, 0.1) is 0 Å². The second-order valence-corrected chi connectivity index (χ2v) is 3.88. The zero-order valence-corrected chi connectivity index (χ0v) is 10.5. The molecule has 0 aliphatic carbocycles. The van der Waals surface area contributed by atoms with Crippen molar-refractivity contribution in [2.75, 3.05) is 14.2 Å². The number of rotatable bonds is 3. The maximum absolute atomic E-state index is 12.5. The average molecular weight is 289 g/mol. The van der Waals surface area contributed by atoms with Crippen molar-refractivity contribution in [1.29, 1.82) is 0 Å². The van der Waals surface area contributed by atoms with Crippen LogP contribution in [0.5, 0.6) is 11.5 Å². The first-order valence-electron chi connectivity index (χ1n) is 5.44. The number of alkyl halides is 3. The molecule has 0 radical (unpaired) electrons. The molecule has 0 N–H and O–H groups in total. The number of hydrogen-bond acceptors (Lipinski definition) is 5. The Bertz CT molecular complexity index is 546. The van der Waals surface area contributed by atoms with Crippen LogP contribution in [-0.4, -0.2) is 38.3 Å². The molecule has 1 aromatic rings.